The molecule has 1 heterocycles. The number of amides is 1. The van der Waals surface area contributed by atoms with Gasteiger partial charge in [0.1, 0.15) is 0 Å². The number of carbonyl (C=O) groups is 1. The van der Waals surface area contributed by atoms with E-state index in [2.05, 4.69) is 10.1 Å². The average molecular weight is 267 g/mol. The second-order valence-electron chi connectivity index (χ2n) is 3.51. The number of rotatable bonds is 3. The fraction of sp³-hybridized carbons (Fsp3) is 0.500. The number of thiophene rings is 1. The van der Waals surface area contributed by atoms with E-state index in [1.165, 1.54) is 11.3 Å². The van der Waals surface area contributed by atoms with Crippen LogP contribution in [0.2, 0.25) is 0 Å². The Morgan fingerprint density at radius 1 is 1.53 bits per heavy atom. The van der Waals surface area contributed by atoms with Crippen molar-refractivity contribution in [2.45, 2.75) is 26.1 Å². The minimum Gasteiger partial charge on any atom is -0.440 e. The van der Waals surface area contributed by atoms with Gasteiger partial charge >= 0.3 is 12.3 Å². The second kappa shape index (κ2) is 5.39. The van der Waals surface area contributed by atoms with Crippen molar-refractivity contribution in [3.8, 4) is 0 Å². The molecule has 1 amide bonds. The molecule has 0 aliphatic carbocycles. The Morgan fingerprint density at radius 2 is 2.18 bits per heavy atom. The third-order valence-corrected chi connectivity index (χ3v) is 3.07. The number of alkyl halides is 3. The monoisotopic (exact) mass is 267 g/mol. The van der Waals surface area contributed by atoms with Gasteiger partial charge in [-0.2, -0.15) is 13.2 Å². The number of nitrogens with one attached hydrogen (secondary N) is 1. The van der Waals surface area contributed by atoms with Gasteiger partial charge in [-0.15, -0.1) is 11.3 Å². The lowest BCUT2D eigenvalue weighted by atomic mass is 10.3. The van der Waals surface area contributed by atoms with Crippen molar-refractivity contribution in [3.63, 3.8) is 0 Å². The van der Waals surface area contributed by atoms with E-state index < -0.39 is 18.9 Å². The molecule has 0 aliphatic heterocycles. The topological polar surface area (TPSA) is 38.3 Å². The van der Waals surface area contributed by atoms with Crippen LogP contribution in [0.1, 0.15) is 22.7 Å². The first-order valence-corrected chi connectivity index (χ1v) is 5.66. The third kappa shape index (κ3) is 5.08. The molecular formula is C10H12F3NO2S. The summed E-state index contributed by atoms with van der Waals surface area (Å²) >= 11 is 1.47. The maximum Gasteiger partial charge on any atom is 0.422 e. The number of hydrogen-bond donors (Lipinski definition) is 1. The van der Waals surface area contributed by atoms with Gasteiger partial charge in [0.05, 0.1) is 6.04 Å². The molecule has 7 heteroatoms. The maximum absolute atomic E-state index is 11.8. The zero-order valence-electron chi connectivity index (χ0n) is 9.30. The molecule has 1 aromatic rings. The van der Waals surface area contributed by atoms with Gasteiger partial charge in [0.2, 0.25) is 0 Å². The summed E-state index contributed by atoms with van der Waals surface area (Å²) in [7, 11) is 0. The van der Waals surface area contributed by atoms with Crippen molar-refractivity contribution in [1.29, 1.82) is 0 Å². The van der Waals surface area contributed by atoms with E-state index in [0.717, 1.165) is 9.75 Å². The van der Waals surface area contributed by atoms with Gasteiger partial charge in [0.15, 0.2) is 6.61 Å². The Kier molecular flexibility index (Phi) is 4.39. The molecule has 0 spiro atoms. The van der Waals surface area contributed by atoms with Crippen molar-refractivity contribution in [1.82, 2.24) is 5.32 Å². The molecule has 1 N–H and O–H groups in total. The summed E-state index contributed by atoms with van der Waals surface area (Å²) in [5, 5.41) is 2.33. The summed E-state index contributed by atoms with van der Waals surface area (Å²) in [6.07, 6.45) is -5.57. The highest BCUT2D eigenvalue weighted by Gasteiger charge is 2.29. The molecule has 0 aromatic carbocycles. The molecular weight excluding hydrogens is 255 g/mol. The van der Waals surface area contributed by atoms with E-state index in [-0.39, 0.29) is 6.04 Å². The van der Waals surface area contributed by atoms with E-state index >= 15 is 0 Å². The molecule has 3 nitrogen and oxygen atoms in total. The van der Waals surface area contributed by atoms with E-state index in [0.29, 0.717) is 0 Å². The summed E-state index contributed by atoms with van der Waals surface area (Å²) < 4.78 is 39.4. The Bertz CT molecular complexity index is 389. The van der Waals surface area contributed by atoms with Crippen LogP contribution in [0.15, 0.2) is 12.1 Å². The molecule has 1 unspecified atom stereocenters. The number of aryl methyl sites for hydroxylation is 1. The quantitative estimate of drug-likeness (QED) is 0.911. The van der Waals surface area contributed by atoms with E-state index in [9.17, 15) is 18.0 Å². The number of halogens is 3. The molecule has 0 aliphatic rings. The van der Waals surface area contributed by atoms with Crippen molar-refractivity contribution in [2.24, 2.45) is 0 Å². The van der Waals surface area contributed by atoms with Crippen LogP contribution in [0.3, 0.4) is 0 Å². The first-order chi connectivity index (χ1) is 7.78. The SMILES string of the molecule is Cc1ccc(C(C)NC(=O)OCC(F)(F)F)s1. The average Bonchev–Trinajstić information content (AvgIpc) is 2.61. The summed E-state index contributed by atoms with van der Waals surface area (Å²) in [6.45, 7) is 2.01. The van der Waals surface area contributed by atoms with Gasteiger partial charge in [-0.05, 0) is 26.0 Å². The lowest BCUT2D eigenvalue weighted by molar-refractivity contribution is -0.160. The number of alkyl carbamates (subject to hydrolysis) is 1. The van der Waals surface area contributed by atoms with E-state index in [1.54, 1.807) is 6.92 Å². The summed E-state index contributed by atoms with van der Waals surface area (Å²) in [5.74, 6) is 0. The van der Waals surface area contributed by atoms with Crippen molar-refractivity contribution < 1.29 is 22.7 Å². The largest absolute Gasteiger partial charge is 0.440 e. The zero-order valence-corrected chi connectivity index (χ0v) is 10.1. The van der Waals surface area contributed by atoms with Crippen LogP contribution in [0, 0.1) is 6.92 Å². The predicted molar refractivity (Wildman–Crippen MR) is 58.0 cm³/mol. The molecule has 0 bridgehead atoms. The fourth-order valence-electron chi connectivity index (χ4n) is 1.12. The third-order valence-electron chi connectivity index (χ3n) is 1.89. The zero-order chi connectivity index (χ0) is 13.1. The molecule has 0 saturated heterocycles. The van der Waals surface area contributed by atoms with Crippen LogP contribution in [-0.4, -0.2) is 18.9 Å². The molecule has 0 fully saturated rings. The van der Waals surface area contributed by atoms with Gasteiger partial charge in [0.25, 0.3) is 0 Å². The highest BCUT2D eigenvalue weighted by Crippen LogP contribution is 2.22. The van der Waals surface area contributed by atoms with Crippen LogP contribution < -0.4 is 5.32 Å². The van der Waals surface area contributed by atoms with Crippen molar-refractivity contribution in [2.75, 3.05) is 6.61 Å². The van der Waals surface area contributed by atoms with Crippen LogP contribution in [-0.2, 0) is 4.74 Å². The van der Waals surface area contributed by atoms with Crippen LogP contribution >= 0.6 is 11.3 Å². The Morgan fingerprint density at radius 3 is 2.65 bits per heavy atom. The van der Waals surface area contributed by atoms with E-state index in [4.69, 9.17) is 0 Å². The molecule has 1 aromatic heterocycles. The van der Waals surface area contributed by atoms with Crippen molar-refractivity contribution >= 4 is 17.4 Å². The first kappa shape index (κ1) is 13.8. The second-order valence-corrected chi connectivity index (χ2v) is 4.83. The number of ether oxygens (including phenoxy) is 1. The molecule has 0 saturated carbocycles. The lowest BCUT2D eigenvalue weighted by Crippen LogP contribution is -2.30. The summed E-state index contributed by atoms with van der Waals surface area (Å²) in [4.78, 5) is 13.0. The fourth-order valence-corrected chi connectivity index (χ4v) is 2.00. The normalized spacial score (nSPS) is 13.2. The first-order valence-electron chi connectivity index (χ1n) is 4.84. The van der Waals surface area contributed by atoms with Crippen LogP contribution in [0.4, 0.5) is 18.0 Å². The molecule has 1 rings (SSSR count). The Balaban J connectivity index is 2.41. The van der Waals surface area contributed by atoms with Gasteiger partial charge in [-0.3, -0.25) is 0 Å². The van der Waals surface area contributed by atoms with Crippen molar-refractivity contribution in [3.05, 3.63) is 21.9 Å². The van der Waals surface area contributed by atoms with Gasteiger partial charge in [-0.1, -0.05) is 0 Å². The predicted octanol–water partition coefficient (Wildman–Crippen LogP) is 3.41. The molecule has 96 valence electrons. The maximum atomic E-state index is 11.8. The molecule has 17 heavy (non-hydrogen) atoms. The van der Waals surface area contributed by atoms with E-state index in [1.807, 2.05) is 19.1 Å². The van der Waals surface area contributed by atoms with Gasteiger partial charge in [-0.25, -0.2) is 4.79 Å². The van der Waals surface area contributed by atoms with Gasteiger partial charge in [0, 0.05) is 9.75 Å². The Labute approximate surface area is 101 Å². The standard InChI is InChI=1S/C10H12F3NO2S/c1-6-3-4-8(17-6)7(2)14-9(15)16-5-10(11,12)13/h3-4,7H,5H2,1-2H3,(H,14,15). The highest BCUT2D eigenvalue weighted by atomic mass is 32.1. The van der Waals surface area contributed by atoms with Crippen LogP contribution in [0.5, 0.6) is 0 Å². The van der Waals surface area contributed by atoms with Crippen LogP contribution in [0.25, 0.3) is 0 Å². The summed E-state index contributed by atoms with van der Waals surface area (Å²) in [5.41, 5.74) is 0. The minimum atomic E-state index is -4.50. The Hall–Kier alpha value is -1.24. The molecule has 1 atom stereocenters. The van der Waals surface area contributed by atoms with Gasteiger partial charge < -0.3 is 10.1 Å². The smallest absolute Gasteiger partial charge is 0.422 e. The number of hydrogen-bond acceptors (Lipinski definition) is 3. The highest BCUT2D eigenvalue weighted by molar-refractivity contribution is 7.12. The minimum absolute atomic E-state index is 0.366. The summed E-state index contributed by atoms with van der Waals surface area (Å²) in [6, 6.07) is 3.32. The number of carbonyl (C=O) groups excluding carboxylic acids is 1. The molecule has 0 radical (unpaired) electrons. The lowest BCUT2D eigenvalue weighted by Gasteiger charge is -2.13.